The lowest BCUT2D eigenvalue weighted by molar-refractivity contribution is 0.113. The minimum absolute atomic E-state index is 0.162. The van der Waals surface area contributed by atoms with Gasteiger partial charge in [0.25, 0.3) is 0 Å². The summed E-state index contributed by atoms with van der Waals surface area (Å²) < 4.78 is 0. The van der Waals surface area contributed by atoms with Crippen LogP contribution in [-0.4, -0.2) is 61.1 Å². The number of hydrogen-bond donors (Lipinski definition) is 1. The van der Waals surface area contributed by atoms with Crippen LogP contribution >= 0.6 is 11.3 Å². The fraction of sp³-hybridized carbons (Fsp3) is 0.800. The van der Waals surface area contributed by atoms with Gasteiger partial charge in [-0.3, -0.25) is 4.90 Å². The van der Waals surface area contributed by atoms with Crippen LogP contribution in [0.5, 0.6) is 0 Å². The molecule has 2 rings (SSSR count). The van der Waals surface area contributed by atoms with E-state index >= 15 is 0 Å². The van der Waals surface area contributed by atoms with E-state index in [1.54, 1.807) is 11.3 Å². The molecule has 0 saturated carbocycles. The van der Waals surface area contributed by atoms with Gasteiger partial charge in [-0.15, -0.1) is 11.3 Å². The Morgan fingerprint density at radius 1 is 1.35 bits per heavy atom. The van der Waals surface area contributed by atoms with E-state index in [-0.39, 0.29) is 5.41 Å². The van der Waals surface area contributed by atoms with E-state index in [1.165, 1.54) is 17.2 Å². The lowest BCUT2D eigenvalue weighted by atomic mass is 9.98. The summed E-state index contributed by atoms with van der Waals surface area (Å²) in [7, 11) is 4.43. The van der Waals surface area contributed by atoms with Gasteiger partial charge in [-0.1, -0.05) is 20.8 Å². The fourth-order valence-corrected chi connectivity index (χ4v) is 3.33. The first-order valence-electron chi connectivity index (χ1n) is 7.40. The molecule has 114 valence electrons. The maximum Gasteiger partial charge on any atom is 0.0982 e. The van der Waals surface area contributed by atoms with Crippen molar-refractivity contribution >= 4 is 11.3 Å². The largest absolute Gasteiger partial charge is 0.310 e. The zero-order chi connectivity index (χ0) is 14.8. The predicted molar refractivity (Wildman–Crippen MR) is 86.4 cm³/mol. The summed E-state index contributed by atoms with van der Waals surface area (Å²) in [5.41, 5.74) is 1.33. The molecular formula is C15H28N4S. The van der Waals surface area contributed by atoms with Crippen molar-refractivity contribution in [3.63, 3.8) is 0 Å². The number of aromatic nitrogens is 1. The van der Waals surface area contributed by atoms with Gasteiger partial charge in [0.05, 0.1) is 10.7 Å². The quantitative estimate of drug-likeness (QED) is 0.918. The van der Waals surface area contributed by atoms with Crippen LogP contribution in [0.2, 0.25) is 0 Å². The van der Waals surface area contributed by atoms with Crippen LogP contribution in [0.1, 0.15) is 31.5 Å². The third kappa shape index (κ3) is 4.25. The number of nitrogens with one attached hydrogen (secondary N) is 1. The number of piperazine rings is 1. The molecule has 0 bridgehead atoms. The van der Waals surface area contributed by atoms with Crippen LogP contribution in [0.3, 0.4) is 0 Å². The number of nitrogens with zero attached hydrogens (tertiary/aromatic N) is 3. The lowest BCUT2D eigenvalue weighted by Crippen LogP contribution is -2.53. The zero-order valence-corrected chi connectivity index (χ0v) is 14.3. The first kappa shape index (κ1) is 15.9. The van der Waals surface area contributed by atoms with E-state index in [9.17, 15) is 0 Å². The van der Waals surface area contributed by atoms with Crippen LogP contribution in [0.15, 0.2) is 5.38 Å². The van der Waals surface area contributed by atoms with Crippen molar-refractivity contribution in [1.82, 2.24) is 20.1 Å². The Hall–Kier alpha value is -0.490. The van der Waals surface area contributed by atoms with Crippen molar-refractivity contribution in [3.8, 4) is 0 Å². The van der Waals surface area contributed by atoms with Crippen LogP contribution in [0.25, 0.3) is 0 Å². The van der Waals surface area contributed by atoms with E-state index < -0.39 is 0 Å². The first-order chi connectivity index (χ1) is 9.36. The van der Waals surface area contributed by atoms with E-state index in [2.05, 4.69) is 55.4 Å². The molecule has 0 amide bonds. The Kier molecular flexibility index (Phi) is 5.18. The monoisotopic (exact) mass is 296 g/mol. The fourth-order valence-electron chi connectivity index (χ4n) is 2.42. The average molecular weight is 296 g/mol. The van der Waals surface area contributed by atoms with Gasteiger partial charge in [0, 0.05) is 49.6 Å². The molecule has 20 heavy (non-hydrogen) atoms. The Morgan fingerprint density at radius 3 is 2.75 bits per heavy atom. The maximum absolute atomic E-state index is 4.73. The molecule has 1 atom stereocenters. The third-order valence-corrected chi connectivity index (χ3v) is 5.18. The Bertz CT molecular complexity index is 424. The molecule has 0 aliphatic carbocycles. The number of thiazole rings is 1. The molecule has 1 aromatic heterocycles. The van der Waals surface area contributed by atoms with Gasteiger partial charge in [-0.05, 0) is 14.1 Å². The third-order valence-electron chi connectivity index (χ3n) is 3.86. The molecule has 1 aromatic rings. The smallest absolute Gasteiger partial charge is 0.0982 e. The van der Waals surface area contributed by atoms with E-state index in [1.807, 2.05) is 0 Å². The lowest BCUT2D eigenvalue weighted by Gasteiger charge is -2.37. The Balaban J connectivity index is 1.79. The second-order valence-electron chi connectivity index (χ2n) is 6.92. The SMILES string of the molecule is CN1CCN(C)C(CNCc2csc(C(C)(C)C)n2)C1. The van der Waals surface area contributed by atoms with Crippen LogP contribution in [-0.2, 0) is 12.0 Å². The summed E-state index contributed by atoms with van der Waals surface area (Å²) in [4.78, 5) is 9.59. The van der Waals surface area contributed by atoms with E-state index in [0.717, 1.165) is 26.2 Å². The summed E-state index contributed by atoms with van der Waals surface area (Å²) in [6.07, 6.45) is 0. The summed E-state index contributed by atoms with van der Waals surface area (Å²) in [6.45, 7) is 12.0. The highest BCUT2D eigenvalue weighted by molar-refractivity contribution is 7.09. The molecule has 0 aromatic carbocycles. The Labute approximate surface area is 127 Å². The van der Waals surface area contributed by atoms with Gasteiger partial charge in [0.2, 0.25) is 0 Å². The molecule has 1 fully saturated rings. The topological polar surface area (TPSA) is 31.4 Å². The van der Waals surface area contributed by atoms with Crippen molar-refractivity contribution < 1.29 is 0 Å². The molecule has 1 saturated heterocycles. The van der Waals surface area contributed by atoms with E-state index in [0.29, 0.717) is 6.04 Å². The van der Waals surface area contributed by atoms with Crippen molar-refractivity contribution in [2.24, 2.45) is 0 Å². The molecule has 5 heteroatoms. The summed E-state index contributed by atoms with van der Waals surface area (Å²) in [6, 6.07) is 0.606. The molecule has 4 nitrogen and oxygen atoms in total. The van der Waals surface area contributed by atoms with Gasteiger partial charge >= 0.3 is 0 Å². The molecule has 2 heterocycles. The van der Waals surface area contributed by atoms with Gasteiger partial charge in [-0.25, -0.2) is 4.98 Å². The molecule has 0 spiro atoms. The van der Waals surface area contributed by atoms with Crippen molar-refractivity contribution in [2.75, 3.05) is 40.3 Å². The molecule has 0 radical (unpaired) electrons. The Morgan fingerprint density at radius 2 is 2.10 bits per heavy atom. The highest BCUT2D eigenvalue weighted by Gasteiger charge is 2.22. The first-order valence-corrected chi connectivity index (χ1v) is 8.28. The van der Waals surface area contributed by atoms with Gasteiger partial charge in [0.1, 0.15) is 0 Å². The van der Waals surface area contributed by atoms with Crippen molar-refractivity contribution in [2.45, 2.75) is 38.8 Å². The normalized spacial score (nSPS) is 22.4. The predicted octanol–water partition coefficient (Wildman–Crippen LogP) is 1.78. The van der Waals surface area contributed by atoms with Crippen molar-refractivity contribution in [1.29, 1.82) is 0 Å². The minimum Gasteiger partial charge on any atom is -0.310 e. The van der Waals surface area contributed by atoms with E-state index in [4.69, 9.17) is 4.98 Å². The standard InChI is InChI=1S/C15H28N4S/c1-15(2,3)14-17-12(11-20-14)8-16-9-13-10-18(4)6-7-19(13)5/h11,13,16H,6-10H2,1-5H3. The van der Waals surface area contributed by atoms with Crippen LogP contribution < -0.4 is 5.32 Å². The minimum atomic E-state index is 0.162. The average Bonchev–Trinajstić information content (AvgIpc) is 2.82. The van der Waals surface area contributed by atoms with Crippen LogP contribution in [0.4, 0.5) is 0 Å². The molecule has 1 aliphatic rings. The molecule has 1 aliphatic heterocycles. The highest BCUT2D eigenvalue weighted by Crippen LogP contribution is 2.25. The van der Waals surface area contributed by atoms with Gasteiger partial charge in [0.15, 0.2) is 0 Å². The number of rotatable bonds is 4. The second-order valence-corrected chi connectivity index (χ2v) is 7.78. The second kappa shape index (κ2) is 6.52. The summed E-state index contributed by atoms with van der Waals surface area (Å²) >= 11 is 1.77. The van der Waals surface area contributed by atoms with Crippen LogP contribution in [0, 0.1) is 0 Å². The number of likely N-dealkylation sites (N-methyl/N-ethyl adjacent to an activating group) is 2. The summed E-state index contributed by atoms with van der Waals surface area (Å²) in [5.74, 6) is 0. The maximum atomic E-state index is 4.73. The van der Waals surface area contributed by atoms with Crippen molar-refractivity contribution in [3.05, 3.63) is 16.1 Å². The summed E-state index contributed by atoms with van der Waals surface area (Å²) in [5, 5.41) is 6.97. The molecule has 1 N–H and O–H groups in total. The zero-order valence-electron chi connectivity index (χ0n) is 13.4. The number of hydrogen-bond acceptors (Lipinski definition) is 5. The van der Waals surface area contributed by atoms with Gasteiger partial charge < -0.3 is 10.2 Å². The highest BCUT2D eigenvalue weighted by atomic mass is 32.1. The molecule has 1 unspecified atom stereocenters. The molecular weight excluding hydrogens is 268 g/mol. The van der Waals surface area contributed by atoms with Gasteiger partial charge in [-0.2, -0.15) is 0 Å².